The zero-order valence-electron chi connectivity index (χ0n) is 10.7. The van der Waals surface area contributed by atoms with E-state index in [2.05, 4.69) is 4.98 Å². The maximum absolute atomic E-state index is 12.2. The van der Waals surface area contributed by atoms with Crippen LogP contribution in [0.4, 0.5) is 0 Å². The normalized spacial score (nSPS) is 14.8. The fraction of sp³-hybridized carbons (Fsp3) is 0.200. The molecule has 4 nitrogen and oxygen atoms in total. The first-order chi connectivity index (χ1) is 9.72. The summed E-state index contributed by atoms with van der Waals surface area (Å²) in [5, 5.41) is 0.567. The number of nitrogens with zero attached hydrogens (tertiary/aromatic N) is 2. The summed E-state index contributed by atoms with van der Waals surface area (Å²) in [4.78, 5) is 18.0. The summed E-state index contributed by atoms with van der Waals surface area (Å²) < 4.78 is 5.66. The van der Waals surface area contributed by atoms with E-state index in [-0.39, 0.29) is 12.0 Å². The van der Waals surface area contributed by atoms with E-state index in [1.165, 1.54) is 0 Å². The lowest BCUT2D eigenvalue weighted by Crippen LogP contribution is -2.56. The van der Waals surface area contributed by atoms with Crippen molar-refractivity contribution in [1.29, 1.82) is 0 Å². The van der Waals surface area contributed by atoms with E-state index < -0.39 is 0 Å². The van der Waals surface area contributed by atoms with Gasteiger partial charge in [0.1, 0.15) is 6.10 Å². The number of carbonyl (C=O) groups excluding carboxylic acids is 1. The van der Waals surface area contributed by atoms with Gasteiger partial charge in [-0.05, 0) is 24.3 Å². The molecule has 0 atom stereocenters. The van der Waals surface area contributed by atoms with Gasteiger partial charge in [0.2, 0.25) is 5.88 Å². The highest BCUT2D eigenvalue weighted by Crippen LogP contribution is 2.19. The zero-order chi connectivity index (χ0) is 13.9. The third-order valence-electron chi connectivity index (χ3n) is 3.13. The summed E-state index contributed by atoms with van der Waals surface area (Å²) in [5.41, 5.74) is 0.605. The van der Waals surface area contributed by atoms with Gasteiger partial charge >= 0.3 is 0 Å². The van der Waals surface area contributed by atoms with E-state index in [0.29, 0.717) is 29.6 Å². The van der Waals surface area contributed by atoms with Crippen molar-refractivity contribution in [2.75, 3.05) is 13.1 Å². The second-order valence-corrected chi connectivity index (χ2v) is 5.06. The van der Waals surface area contributed by atoms with Gasteiger partial charge in [0, 0.05) is 22.8 Å². The molecule has 0 aliphatic carbocycles. The number of pyridine rings is 1. The predicted octanol–water partition coefficient (Wildman–Crippen LogP) is 2.64. The van der Waals surface area contributed by atoms with Crippen molar-refractivity contribution in [3.8, 4) is 5.88 Å². The fourth-order valence-electron chi connectivity index (χ4n) is 2.07. The summed E-state index contributed by atoms with van der Waals surface area (Å²) in [6, 6.07) is 12.5. The van der Waals surface area contributed by atoms with Crippen LogP contribution in [0.25, 0.3) is 0 Å². The van der Waals surface area contributed by atoms with Crippen LogP contribution in [0, 0.1) is 0 Å². The monoisotopic (exact) mass is 288 g/mol. The number of ether oxygens (including phenoxy) is 1. The van der Waals surface area contributed by atoms with Crippen molar-refractivity contribution in [3.05, 3.63) is 59.2 Å². The van der Waals surface area contributed by atoms with E-state index >= 15 is 0 Å². The average Bonchev–Trinajstić information content (AvgIpc) is 2.43. The maximum atomic E-state index is 12.2. The first-order valence-electron chi connectivity index (χ1n) is 6.35. The summed E-state index contributed by atoms with van der Waals surface area (Å²) in [6.07, 6.45) is 1.69. The number of rotatable bonds is 3. The van der Waals surface area contributed by atoms with Crippen LogP contribution in [0.1, 0.15) is 10.4 Å². The highest BCUT2D eigenvalue weighted by molar-refractivity contribution is 6.30. The molecule has 1 aliphatic heterocycles. The van der Waals surface area contributed by atoms with Gasteiger partial charge in [-0.1, -0.05) is 23.7 Å². The summed E-state index contributed by atoms with van der Waals surface area (Å²) in [6.45, 7) is 1.14. The number of aromatic nitrogens is 1. The Kier molecular flexibility index (Phi) is 3.56. The molecule has 1 fully saturated rings. The van der Waals surface area contributed by atoms with Gasteiger partial charge in [0.25, 0.3) is 5.91 Å². The molecule has 1 aromatic carbocycles. The van der Waals surface area contributed by atoms with Crippen LogP contribution in [0.15, 0.2) is 48.7 Å². The quantitative estimate of drug-likeness (QED) is 0.872. The van der Waals surface area contributed by atoms with Crippen molar-refractivity contribution in [1.82, 2.24) is 9.88 Å². The molecule has 1 aliphatic rings. The molecule has 102 valence electrons. The molecule has 0 N–H and O–H groups in total. The number of carbonyl (C=O) groups is 1. The second kappa shape index (κ2) is 5.51. The van der Waals surface area contributed by atoms with Gasteiger partial charge in [0.15, 0.2) is 0 Å². The van der Waals surface area contributed by atoms with Gasteiger partial charge in [-0.3, -0.25) is 4.79 Å². The standard InChI is InChI=1S/C15H13ClN2O2/c16-12-5-3-4-11(8-12)15(19)18-9-13(10-18)20-14-6-1-2-7-17-14/h1-8,13H,9-10H2. The number of halogens is 1. The summed E-state index contributed by atoms with van der Waals surface area (Å²) in [5.74, 6) is 0.570. The third kappa shape index (κ3) is 2.75. The van der Waals surface area contributed by atoms with E-state index in [0.717, 1.165) is 0 Å². The second-order valence-electron chi connectivity index (χ2n) is 4.63. The molecule has 5 heteroatoms. The summed E-state index contributed by atoms with van der Waals surface area (Å²) >= 11 is 5.89. The average molecular weight is 289 g/mol. The number of hydrogen-bond acceptors (Lipinski definition) is 3. The van der Waals surface area contributed by atoms with Crippen LogP contribution in [0.5, 0.6) is 5.88 Å². The number of benzene rings is 1. The van der Waals surface area contributed by atoms with Gasteiger partial charge in [-0.15, -0.1) is 0 Å². The summed E-state index contributed by atoms with van der Waals surface area (Å²) in [7, 11) is 0. The Hall–Kier alpha value is -2.07. The first-order valence-corrected chi connectivity index (χ1v) is 6.73. The molecule has 0 radical (unpaired) electrons. The van der Waals surface area contributed by atoms with E-state index in [1.54, 1.807) is 41.4 Å². The largest absolute Gasteiger partial charge is 0.471 e. The van der Waals surface area contributed by atoms with E-state index in [1.807, 2.05) is 12.1 Å². The minimum atomic E-state index is -0.0200. The molecule has 1 aromatic heterocycles. The predicted molar refractivity (Wildman–Crippen MR) is 76.0 cm³/mol. The van der Waals surface area contributed by atoms with Crippen LogP contribution in [-0.2, 0) is 0 Å². The number of hydrogen-bond donors (Lipinski definition) is 0. The molecule has 2 aromatic rings. The molecule has 0 unspecified atom stereocenters. The highest BCUT2D eigenvalue weighted by Gasteiger charge is 2.33. The Morgan fingerprint density at radius 3 is 2.80 bits per heavy atom. The smallest absolute Gasteiger partial charge is 0.254 e. The van der Waals surface area contributed by atoms with Crippen molar-refractivity contribution in [2.24, 2.45) is 0 Å². The van der Waals surface area contributed by atoms with Crippen LogP contribution < -0.4 is 4.74 Å². The molecule has 0 bridgehead atoms. The molecule has 2 heterocycles. The van der Waals surface area contributed by atoms with E-state index in [9.17, 15) is 4.79 Å². The maximum Gasteiger partial charge on any atom is 0.254 e. The van der Waals surface area contributed by atoms with Crippen LogP contribution in [0.3, 0.4) is 0 Å². The molecular formula is C15H13ClN2O2. The molecular weight excluding hydrogens is 276 g/mol. The minimum absolute atomic E-state index is 0.00744. The van der Waals surface area contributed by atoms with Gasteiger partial charge in [-0.25, -0.2) is 4.98 Å². The lowest BCUT2D eigenvalue weighted by atomic mass is 10.1. The van der Waals surface area contributed by atoms with Gasteiger partial charge in [-0.2, -0.15) is 0 Å². The van der Waals surface area contributed by atoms with Crippen LogP contribution in [0.2, 0.25) is 5.02 Å². The van der Waals surface area contributed by atoms with Gasteiger partial charge in [0.05, 0.1) is 13.1 Å². The lowest BCUT2D eigenvalue weighted by molar-refractivity contribution is 0.0160. The third-order valence-corrected chi connectivity index (χ3v) is 3.37. The van der Waals surface area contributed by atoms with Crippen molar-refractivity contribution < 1.29 is 9.53 Å². The Labute approximate surface area is 122 Å². The molecule has 0 spiro atoms. The zero-order valence-corrected chi connectivity index (χ0v) is 11.5. The van der Waals surface area contributed by atoms with Crippen LogP contribution in [-0.4, -0.2) is 35.0 Å². The van der Waals surface area contributed by atoms with Crippen molar-refractivity contribution in [2.45, 2.75) is 6.10 Å². The number of amides is 1. The number of likely N-dealkylation sites (tertiary alicyclic amines) is 1. The molecule has 1 amide bonds. The first kappa shape index (κ1) is 12.9. The highest BCUT2D eigenvalue weighted by atomic mass is 35.5. The minimum Gasteiger partial charge on any atom is -0.471 e. The Bertz CT molecular complexity index is 612. The van der Waals surface area contributed by atoms with Crippen LogP contribution >= 0.6 is 11.6 Å². The fourth-order valence-corrected chi connectivity index (χ4v) is 2.26. The molecule has 1 saturated heterocycles. The Morgan fingerprint density at radius 1 is 1.25 bits per heavy atom. The van der Waals surface area contributed by atoms with E-state index in [4.69, 9.17) is 16.3 Å². The molecule has 20 heavy (non-hydrogen) atoms. The van der Waals surface area contributed by atoms with Crippen molar-refractivity contribution in [3.63, 3.8) is 0 Å². The van der Waals surface area contributed by atoms with Gasteiger partial charge < -0.3 is 9.64 Å². The molecule has 3 rings (SSSR count). The topological polar surface area (TPSA) is 42.4 Å². The Morgan fingerprint density at radius 2 is 2.10 bits per heavy atom. The van der Waals surface area contributed by atoms with Crippen molar-refractivity contribution >= 4 is 17.5 Å². The molecule has 0 saturated carbocycles. The SMILES string of the molecule is O=C(c1cccc(Cl)c1)N1CC(Oc2ccccn2)C1. The lowest BCUT2D eigenvalue weighted by Gasteiger charge is -2.38. The Balaban J connectivity index is 1.56.